The van der Waals surface area contributed by atoms with Gasteiger partial charge in [0.1, 0.15) is 19.2 Å². The number of aromatic nitrogens is 1. The van der Waals surface area contributed by atoms with Gasteiger partial charge in [-0.3, -0.25) is 0 Å². The van der Waals surface area contributed by atoms with Gasteiger partial charge in [-0.1, -0.05) is 153 Å². The molecule has 0 N–H and O–H groups in total. The summed E-state index contributed by atoms with van der Waals surface area (Å²) in [4.78, 5) is 0. The Morgan fingerprint density at radius 1 is 0.438 bits per heavy atom. The van der Waals surface area contributed by atoms with Gasteiger partial charge in [0.15, 0.2) is 0 Å². The molecule has 14 aromatic rings. The van der Waals surface area contributed by atoms with E-state index >= 15 is 0 Å². The highest BCUT2D eigenvalue weighted by Crippen LogP contribution is 2.47. The maximum Gasteiger partial charge on any atom is 0.143 e. The lowest BCUT2D eigenvalue weighted by atomic mass is 9.90. The van der Waals surface area contributed by atoms with Gasteiger partial charge >= 0.3 is 0 Å². The molecule has 0 unspecified atom stereocenters. The van der Waals surface area contributed by atoms with Gasteiger partial charge in [-0.05, 0) is 108 Å². The molecule has 0 atom stereocenters. The average Bonchev–Trinajstić information content (AvgIpc) is 4.07. The second kappa shape index (κ2) is 12.4. The third-order valence-electron chi connectivity index (χ3n) is 14.7. The van der Waals surface area contributed by atoms with Crippen molar-refractivity contribution in [3.05, 3.63) is 188 Å². The van der Waals surface area contributed by atoms with E-state index in [-0.39, 0.29) is 0 Å². The average molecular weight is 848 g/mol. The summed E-state index contributed by atoms with van der Waals surface area (Å²) in [6, 6.07) is 70.5. The first-order valence-corrected chi connectivity index (χ1v) is 26.1. The van der Waals surface area contributed by atoms with Crippen LogP contribution >= 0.6 is 11.3 Å². The maximum atomic E-state index is 6.78. The molecule has 1 aliphatic rings. The van der Waals surface area contributed by atoms with E-state index in [1.165, 1.54) is 113 Å². The van der Waals surface area contributed by atoms with Gasteiger partial charge in [-0.15, -0.1) is 11.3 Å². The van der Waals surface area contributed by atoms with Crippen molar-refractivity contribution in [1.82, 2.24) is 4.57 Å². The Balaban J connectivity index is 0.933. The molecule has 0 aliphatic carbocycles. The molecule has 0 spiro atoms. The number of furan rings is 1. The van der Waals surface area contributed by atoms with Crippen molar-refractivity contribution in [3.8, 4) is 39.1 Å². The summed E-state index contributed by atoms with van der Waals surface area (Å²) in [7, 11) is -2.02. The number of benzene rings is 11. The van der Waals surface area contributed by atoms with E-state index < -0.39 is 8.07 Å². The third-order valence-corrected chi connectivity index (χ3v) is 19.5. The zero-order valence-electron chi connectivity index (χ0n) is 35.2. The van der Waals surface area contributed by atoms with Crippen molar-refractivity contribution in [2.45, 2.75) is 13.1 Å². The molecule has 4 heteroatoms. The molecular weight excluding hydrogens is 811 g/mol. The second-order valence-electron chi connectivity index (χ2n) is 18.3. The quantitative estimate of drug-likeness (QED) is 0.128. The van der Waals surface area contributed by atoms with E-state index in [4.69, 9.17) is 4.42 Å². The lowest BCUT2D eigenvalue weighted by Crippen LogP contribution is -2.49. The SMILES string of the molecule is C[Si]1(C)c2ccccc2-c2cc3ccc4cccc5c(-n6c7ccccc7c7cc(-c8ccc9oc%10c(-c%11cccc%12c%11sc%11ccccc%11%12)cccc%10c9c8)ccc76)cc(c21)c3c45. The zero-order valence-corrected chi connectivity index (χ0v) is 37.0. The first kappa shape index (κ1) is 35.0. The van der Waals surface area contributed by atoms with Gasteiger partial charge in [-0.2, -0.15) is 0 Å². The van der Waals surface area contributed by atoms with Crippen LogP contribution in [0.5, 0.6) is 0 Å². The molecule has 0 saturated carbocycles. The first-order valence-electron chi connectivity index (χ1n) is 22.2. The molecule has 0 radical (unpaired) electrons. The number of fused-ring (bicyclic) bond motifs is 13. The highest BCUT2D eigenvalue weighted by atomic mass is 32.1. The van der Waals surface area contributed by atoms with E-state index in [1.807, 2.05) is 11.3 Å². The van der Waals surface area contributed by atoms with E-state index in [0.29, 0.717) is 0 Å². The molecular formula is C60H37NOSSi. The fourth-order valence-corrected chi connectivity index (χ4v) is 16.6. The molecule has 0 fully saturated rings. The summed E-state index contributed by atoms with van der Waals surface area (Å²) < 4.78 is 11.9. The van der Waals surface area contributed by atoms with Gasteiger partial charge in [0.25, 0.3) is 0 Å². The zero-order chi connectivity index (χ0) is 42.0. The number of rotatable bonds is 3. The number of hydrogen-bond donors (Lipinski definition) is 0. The summed E-state index contributed by atoms with van der Waals surface area (Å²) >= 11 is 1.86. The first-order chi connectivity index (χ1) is 31.5. The van der Waals surface area contributed by atoms with Crippen LogP contribution in [0.3, 0.4) is 0 Å². The summed E-state index contributed by atoms with van der Waals surface area (Å²) in [5.41, 5.74) is 13.1. The fraction of sp³-hybridized carbons (Fsp3) is 0.0333. The summed E-state index contributed by atoms with van der Waals surface area (Å²) in [5.74, 6) is 0. The minimum Gasteiger partial charge on any atom is -0.455 e. The largest absolute Gasteiger partial charge is 0.455 e. The highest BCUT2D eigenvalue weighted by molar-refractivity contribution is 7.26. The van der Waals surface area contributed by atoms with Gasteiger partial charge in [0, 0.05) is 58.2 Å². The van der Waals surface area contributed by atoms with E-state index in [2.05, 4.69) is 206 Å². The Morgan fingerprint density at radius 2 is 1.11 bits per heavy atom. The number of hydrogen-bond acceptors (Lipinski definition) is 2. The monoisotopic (exact) mass is 847 g/mol. The molecule has 0 saturated heterocycles. The Hall–Kier alpha value is -7.50. The molecule has 0 amide bonds. The van der Waals surface area contributed by atoms with Crippen LogP contribution in [-0.2, 0) is 0 Å². The van der Waals surface area contributed by atoms with Crippen LogP contribution < -0.4 is 10.4 Å². The molecule has 2 nitrogen and oxygen atoms in total. The van der Waals surface area contributed by atoms with E-state index in [0.717, 1.165) is 27.5 Å². The van der Waals surface area contributed by atoms with Crippen LogP contribution in [0.2, 0.25) is 13.1 Å². The summed E-state index contributed by atoms with van der Waals surface area (Å²) in [6.45, 7) is 5.09. The van der Waals surface area contributed by atoms with Crippen LogP contribution in [0.4, 0.5) is 0 Å². The minimum atomic E-state index is -2.02. The topological polar surface area (TPSA) is 18.1 Å². The molecule has 4 heterocycles. The Bertz CT molecular complexity index is 4350. The van der Waals surface area contributed by atoms with Crippen molar-refractivity contribution in [2.24, 2.45) is 0 Å². The normalized spacial score (nSPS) is 13.6. The van der Waals surface area contributed by atoms with Crippen molar-refractivity contribution in [2.75, 3.05) is 0 Å². The van der Waals surface area contributed by atoms with Gasteiger partial charge < -0.3 is 8.98 Å². The lowest BCUT2D eigenvalue weighted by Gasteiger charge is -2.24. The van der Waals surface area contributed by atoms with Crippen LogP contribution in [0.25, 0.3) is 135 Å². The molecule has 298 valence electrons. The van der Waals surface area contributed by atoms with Crippen LogP contribution in [-0.4, -0.2) is 12.6 Å². The fourth-order valence-electron chi connectivity index (χ4n) is 11.9. The molecule has 1 aliphatic heterocycles. The Labute approximate surface area is 373 Å². The molecule has 3 aromatic heterocycles. The van der Waals surface area contributed by atoms with Crippen LogP contribution in [0, 0.1) is 0 Å². The van der Waals surface area contributed by atoms with Gasteiger partial charge in [-0.25, -0.2) is 0 Å². The standard InChI is InChI=1S/C60H37NOSSi/c1-64(2)55-23-8-5-15-40(55)48-32-37-25-24-34-12-9-20-45-52(33-49(60(48)64)57(37)56(34)45)61-50-21-6-3-13-38(50)46-30-35(26-28-51(46)61)36-27-29-53-47(31-36)42-17-10-16-41(58(42)62-53)44-19-11-18-43-39-14-4-7-22-54(39)63-59(43)44/h3-33H,1-2H3. The minimum absolute atomic E-state index is 0.905. The summed E-state index contributed by atoms with van der Waals surface area (Å²) in [5, 5.41) is 18.6. The van der Waals surface area contributed by atoms with Crippen LogP contribution in [0.1, 0.15) is 0 Å². The molecule has 64 heavy (non-hydrogen) atoms. The lowest BCUT2D eigenvalue weighted by molar-refractivity contribution is 0.670. The van der Waals surface area contributed by atoms with E-state index in [9.17, 15) is 0 Å². The van der Waals surface area contributed by atoms with Gasteiger partial charge in [0.05, 0.1) is 16.7 Å². The van der Waals surface area contributed by atoms with Gasteiger partial charge in [0.2, 0.25) is 0 Å². The predicted molar refractivity (Wildman–Crippen MR) is 278 cm³/mol. The van der Waals surface area contributed by atoms with Crippen molar-refractivity contribution in [1.29, 1.82) is 0 Å². The summed E-state index contributed by atoms with van der Waals surface area (Å²) in [6.07, 6.45) is 0. The highest BCUT2D eigenvalue weighted by Gasteiger charge is 2.39. The van der Waals surface area contributed by atoms with E-state index in [1.54, 1.807) is 5.19 Å². The number of thiophene rings is 1. The third kappa shape index (κ3) is 4.48. The Kier molecular flexibility index (Phi) is 6.76. The number of para-hydroxylation sites is 2. The molecule has 15 rings (SSSR count). The molecule has 0 bridgehead atoms. The van der Waals surface area contributed by atoms with Crippen LogP contribution in [0.15, 0.2) is 192 Å². The second-order valence-corrected chi connectivity index (χ2v) is 23.7. The number of nitrogens with zero attached hydrogens (tertiary/aromatic N) is 1. The van der Waals surface area contributed by atoms with Crippen molar-refractivity contribution >= 4 is 126 Å². The Morgan fingerprint density at radius 3 is 2.03 bits per heavy atom. The van der Waals surface area contributed by atoms with Crippen molar-refractivity contribution < 1.29 is 4.42 Å². The smallest absolute Gasteiger partial charge is 0.143 e. The molecule has 11 aromatic carbocycles. The maximum absolute atomic E-state index is 6.78. The predicted octanol–water partition coefficient (Wildman–Crippen LogP) is 16.1. The van der Waals surface area contributed by atoms with Crippen molar-refractivity contribution in [3.63, 3.8) is 0 Å².